The molecule has 0 saturated heterocycles. The molecule has 0 aliphatic rings. The van der Waals surface area contributed by atoms with Crippen molar-refractivity contribution in [2.45, 2.75) is 20.5 Å². The van der Waals surface area contributed by atoms with Gasteiger partial charge in [-0.3, -0.25) is 4.79 Å². The van der Waals surface area contributed by atoms with Crippen molar-refractivity contribution in [3.63, 3.8) is 0 Å². The molecule has 36 heavy (non-hydrogen) atoms. The zero-order valence-corrected chi connectivity index (χ0v) is 22.3. The summed E-state index contributed by atoms with van der Waals surface area (Å²) in [5.74, 6) is -0.141. The third kappa shape index (κ3) is 6.64. The van der Waals surface area contributed by atoms with E-state index in [9.17, 15) is 14.9 Å². The zero-order chi connectivity index (χ0) is 26.1. The Kier molecular flexibility index (Phi) is 9.47. The van der Waals surface area contributed by atoms with Gasteiger partial charge in [0.05, 0.1) is 28.5 Å². The number of carbonyl (C=O) groups excluding carboxylic acids is 2. The summed E-state index contributed by atoms with van der Waals surface area (Å²) in [4.78, 5) is 24.9. The molecular weight excluding hydrogens is 571 g/mol. The lowest BCUT2D eigenvalue weighted by molar-refractivity contribution is -0.112. The molecule has 0 saturated carbocycles. The molecule has 0 aromatic heterocycles. The maximum Gasteiger partial charge on any atom is 0.339 e. The second-order valence-electron chi connectivity index (χ2n) is 7.64. The van der Waals surface area contributed by atoms with Crippen LogP contribution < -0.4 is 14.8 Å². The highest BCUT2D eigenvalue weighted by molar-refractivity contribution is 14.1. The lowest BCUT2D eigenvalue weighted by Gasteiger charge is -2.16. The number of nitrogens with one attached hydrogen (secondary N) is 1. The molecule has 0 atom stereocenters. The van der Waals surface area contributed by atoms with E-state index in [1.807, 2.05) is 50.2 Å². The lowest BCUT2D eigenvalue weighted by atomic mass is 10.1. The predicted octanol–water partition coefficient (Wildman–Crippen LogP) is 5.91. The number of esters is 1. The third-order valence-electron chi connectivity index (χ3n) is 5.22. The topological polar surface area (TPSA) is 97.7 Å². The van der Waals surface area contributed by atoms with E-state index >= 15 is 0 Å². The smallest absolute Gasteiger partial charge is 0.339 e. The van der Waals surface area contributed by atoms with Crippen molar-refractivity contribution in [1.29, 1.82) is 5.26 Å². The van der Waals surface area contributed by atoms with E-state index in [1.165, 1.54) is 19.3 Å². The molecule has 8 heteroatoms. The number of carbonyl (C=O) groups is 2. The molecule has 0 fully saturated rings. The second-order valence-corrected chi connectivity index (χ2v) is 8.80. The van der Waals surface area contributed by atoms with Gasteiger partial charge in [-0.05, 0) is 83.5 Å². The number of nitriles is 1. The monoisotopic (exact) mass is 596 g/mol. The van der Waals surface area contributed by atoms with Crippen molar-refractivity contribution >= 4 is 46.2 Å². The summed E-state index contributed by atoms with van der Waals surface area (Å²) >= 11 is 2.14. The second kappa shape index (κ2) is 12.7. The molecule has 0 aliphatic heterocycles. The number of nitrogens with zero attached hydrogens (tertiary/aromatic N) is 1. The minimum Gasteiger partial charge on any atom is -0.490 e. The molecule has 1 N–H and O–H groups in total. The van der Waals surface area contributed by atoms with Crippen molar-refractivity contribution in [2.24, 2.45) is 0 Å². The third-order valence-corrected chi connectivity index (χ3v) is 6.02. The Morgan fingerprint density at radius 1 is 1.08 bits per heavy atom. The van der Waals surface area contributed by atoms with Gasteiger partial charge in [0.1, 0.15) is 18.2 Å². The molecule has 184 valence electrons. The van der Waals surface area contributed by atoms with Gasteiger partial charge >= 0.3 is 5.97 Å². The number of aryl methyl sites for hydroxylation is 1. The standard InChI is InChI=1S/C28H25IN2O5/c1-4-35-25-15-19(14-23(29)26(25)36-17-20-10-6-5-9-18(20)2)13-21(16-30)27(32)31-24-12-8-7-11-22(24)28(33)34-3/h5-15H,4,17H2,1-3H3,(H,31,32)/b21-13-. The Morgan fingerprint density at radius 3 is 2.50 bits per heavy atom. The fourth-order valence-corrected chi connectivity index (χ4v) is 4.16. The average Bonchev–Trinajstić information content (AvgIpc) is 2.87. The number of amides is 1. The molecule has 3 rings (SSSR count). The summed E-state index contributed by atoms with van der Waals surface area (Å²) in [7, 11) is 1.26. The van der Waals surface area contributed by atoms with Gasteiger partial charge in [-0.15, -0.1) is 0 Å². The normalized spacial score (nSPS) is 10.8. The number of methoxy groups -OCH3 is 1. The average molecular weight is 596 g/mol. The largest absolute Gasteiger partial charge is 0.490 e. The first-order valence-corrected chi connectivity index (χ1v) is 12.2. The van der Waals surface area contributed by atoms with Gasteiger partial charge in [0.2, 0.25) is 0 Å². The SMILES string of the molecule is CCOc1cc(/C=C(/C#N)C(=O)Nc2ccccc2C(=O)OC)cc(I)c1OCc1ccccc1C. The molecule has 0 heterocycles. The molecule has 3 aromatic carbocycles. The van der Waals surface area contributed by atoms with Gasteiger partial charge in [0.15, 0.2) is 11.5 Å². The van der Waals surface area contributed by atoms with Crippen molar-refractivity contribution in [2.75, 3.05) is 19.0 Å². The fraction of sp³-hybridized carbons (Fsp3) is 0.179. The molecule has 0 radical (unpaired) electrons. The van der Waals surface area contributed by atoms with Crippen LogP contribution in [0.5, 0.6) is 11.5 Å². The van der Waals surface area contributed by atoms with Crippen LogP contribution in [0.15, 0.2) is 66.2 Å². The molecular formula is C28H25IN2O5. The van der Waals surface area contributed by atoms with Crippen LogP contribution in [0.4, 0.5) is 5.69 Å². The first-order chi connectivity index (χ1) is 17.4. The Bertz CT molecular complexity index is 1340. The fourth-order valence-electron chi connectivity index (χ4n) is 3.38. The summed E-state index contributed by atoms with van der Waals surface area (Å²) in [5.41, 5.74) is 3.09. The Balaban J connectivity index is 1.88. The van der Waals surface area contributed by atoms with Gasteiger partial charge in [0, 0.05) is 0 Å². The van der Waals surface area contributed by atoms with E-state index in [0.29, 0.717) is 30.3 Å². The van der Waals surface area contributed by atoms with E-state index in [0.717, 1.165) is 14.7 Å². The number of hydrogen-bond donors (Lipinski definition) is 1. The highest BCUT2D eigenvalue weighted by Crippen LogP contribution is 2.35. The van der Waals surface area contributed by atoms with Gasteiger partial charge in [-0.1, -0.05) is 36.4 Å². The molecule has 7 nitrogen and oxygen atoms in total. The summed E-state index contributed by atoms with van der Waals surface area (Å²) < 4.78 is 17.4. The predicted molar refractivity (Wildman–Crippen MR) is 146 cm³/mol. The molecule has 0 bridgehead atoms. The van der Waals surface area contributed by atoms with Crippen LogP contribution in [0.2, 0.25) is 0 Å². The van der Waals surface area contributed by atoms with Crippen molar-refractivity contribution < 1.29 is 23.8 Å². The van der Waals surface area contributed by atoms with E-state index in [1.54, 1.807) is 24.3 Å². The Labute approximate surface area is 223 Å². The number of para-hydroxylation sites is 1. The molecule has 3 aromatic rings. The Morgan fingerprint density at radius 2 is 1.81 bits per heavy atom. The molecule has 1 amide bonds. The van der Waals surface area contributed by atoms with Crippen molar-refractivity contribution in [1.82, 2.24) is 0 Å². The minimum atomic E-state index is -0.651. The minimum absolute atomic E-state index is 0.138. The number of benzene rings is 3. The maximum atomic E-state index is 12.9. The van der Waals surface area contributed by atoms with E-state index in [4.69, 9.17) is 14.2 Å². The highest BCUT2D eigenvalue weighted by Gasteiger charge is 2.17. The molecule has 0 spiro atoms. The first-order valence-electron chi connectivity index (χ1n) is 11.1. The van der Waals surface area contributed by atoms with Gasteiger partial charge in [-0.25, -0.2) is 4.79 Å². The van der Waals surface area contributed by atoms with Gasteiger partial charge in [0.25, 0.3) is 5.91 Å². The van der Waals surface area contributed by atoms with Crippen LogP contribution in [-0.2, 0) is 16.1 Å². The summed E-state index contributed by atoms with van der Waals surface area (Å²) in [6, 6.07) is 19.9. The number of hydrogen-bond acceptors (Lipinski definition) is 6. The van der Waals surface area contributed by atoms with Crippen LogP contribution in [0.3, 0.4) is 0 Å². The van der Waals surface area contributed by atoms with E-state index < -0.39 is 11.9 Å². The molecule has 0 unspecified atom stereocenters. The number of halogens is 1. The van der Waals surface area contributed by atoms with Crippen LogP contribution in [-0.4, -0.2) is 25.6 Å². The summed E-state index contributed by atoms with van der Waals surface area (Å²) in [6.07, 6.45) is 1.46. The zero-order valence-electron chi connectivity index (χ0n) is 20.1. The van der Waals surface area contributed by atoms with E-state index in [2.05, 4.69) is 27.9 Å². The molecule has 0 aliphatic carbocycles. The highest BCUT2D eigenvalue weighted by atomic mass is 127. The first kappa shape index (κ1) is 26.8. The van der Waals surface area contributed by atoms with Crippen LogP contribution in [0.25, 0.3) is 6.08 Å². The number of anilines is 1. The Hall–Kier alpha value is -3.84. The lowest BCUT2D eigenvalue weighted by Crippen LogP contribution is -2.16. The van der Waals surface area contributed by atoms with Crippen molar-refractivity contribution in [3.8, 4) is 17.6 Å². The van der Waals surface area contributed by atoms with Gasteiger partial charge < -0.3 is 19.5 Å². The quantitative estimate of drug-likeness (QED) is 0.143. The van der Waals surface area contributed by atoms with Crippen molar-refractivity contribution in [3.05, 3.63) is 92.1 Å². The van der Waals surface area contributed by atoms with E-state index in [-0.39, 0.29) is 16.8 Å². The van der Waals surface area contributed by atoms with Crippen LogP contribution >= 0.6 is 22.6 Å². The van der Waals surface area contributed by atoms with Crippen LogP contribution in [0.1, 0.15) is 34.0 Å². The van der Waals surface area contributed by atoms with Crippen LogP contribution in [0, 0.1) is 21.8 Å². The number of rotatable bonds is 9. The summed E-state index contributed by atoms with van der Waals surface area (Å²) in [6.45, 7) is 4.69. The summed E-state index contributed by atoms with van der Waals surface area (Å²) in [5, 5.41) is 12.3. The maximum absolute atomic E-state index is 12.9. The number of ether oxygens (including phenoxy) is 3. The van der Waals surface area contributed by atoms with Gasteiger partial charge in [-0.2, -0.15) is 5.26 Å².